The van der Waals surface area contributed by atoms with Gasteiger partial charge in [0.2, 0.25) is 0 Å². The van der Waals surface area contributed by atoms with Crippen LogP contribution in [0, 0.1) is 0 Å². The van der Waals surface area contributed by atoms with Gasteiger partial charge in [0.05, 0.1) is 0 Å². The van der Waals surface area contributed by atoms with Gasteiger partial charge in [-0.05, 0) is 96.3 Å². The molecule has 0 spiro atoms. The summed E-state index contributed by atoms with van der Waals surface area (Å²) in [6, 6.07) is 0. The summed E-state index contributed by atoms with van der Waals surface area (Å²) in [6.45, 7) is 6.40. The molecule has 412 valence electrons. The Labute approximate surface area is 445 Å². The zero-order valence-electron chi connectivity index (χ0n) is 47.2. The molecule has 0 saturated carbocycles. The molecule has 72 heavy (non-hydrogen) atoms. The molecule has 0 heterocycles. The molecule has 0 N–H and O–H groups in total. The molecule has 0 aliphatic carbocycles. The Morgan fingerprint density at radius 1 is 0.292 bits per heavy atom. The Morgan fingerprint density at radius 2 is 0.556 bits per heavy atom. The van der Waals surface area contributed by atoms with Crippen LogP contribution >= 0.6 is 0 Å². The molecule has 0 aromatic carbocycles. The van der Waals surface area contributed by atoms with Crippen LogP contribution in [0.3, 0.4) is 0 Å². The average Bonchev–Trinajstić information content (AvgIpc) is 3.38. The van der Waals surface area contributed by atoms with Crippen molar-refractivity contribution in [1.82, 2.24) is 0 Å². The van der Waals surface area contributed by atoms with Gasteiger partial charge in [-0.15, -0.1) is 0 Å². The second kappa shape index (κ2) is 59.9. The second-order valence-electron chi connectivity index (χ2n) is 19.9. The van der Waals surface area contributed by atoms with Gasteiger partial charge in [-0.1, -0.05) is 266 Å². The predicted molar refractivity (Wildman–Crippen MR) is 311 cm³/mol. The fourth-order valence-electron chi connectivity index (χ4n) is 8.29. The number of esters is 3. The summed E-state index contributed by atoms with van der Waals surface area (Å²) in [5, 5.41) is 0. The number of rotatable bonds is 54. The summed E-state index contributed by atoms with van der Waals surface area (Å²) in [4.78, 5) is 37.8. The number of allylic oxidation sites excluding steroid dienone is 16. The fraction of sp³-hybridized carbons (Fsp3) is 0.712. The second-order valence-corrected chi connectivity index (χ2v) is 19.9. The molecule has 1 atom stereocenters. The van der Waals surface area contributed by atoms with Crippen molar-refractivity contribution in [3.05, 3.63) is 97.2 Å². The van der Waals surface area contributed by atoms with Crippen molar-refractivity contribution in [2.75, 3.05) is 13.2 Å². The number of unbranched alkanes of at least 4 members (excludes halogenated alkanes) is 27. The van der Waals surface area contributed by atoms with E-state index in [0.29, 0.717) is 19.3 Å². The van der Waals surface area contributed by atoms with Gasteiger partial charge in [-0.25, -0.2) is 0 Å². The monoisotopic (exact) mass is 1000 g/mol. The van der Waals surface area contributed by atoms with Crippen LogP contribution in [0.25, 0.3) is 0 Å². The number of hydrogen-bond donors (Lipinski definition) is 0. The number of carbonyl (C=O) groups is 3. The van der Waals surface area contributed by atoms with E-state index < -0.39 is 6.10 Å². The van der Waals surface area contributed by atoms with Crippen LogP contribution in [-0.4, -0.2) is 37.2 Å². The van der Waals surface area contributed by atoms with Crippen molar-refractivity contribution in [2.24, 2.45) is 0 Å². The van der Waals surface area contributed by atoms with E-state index in [1.54, 1.807) is 0 Å². The molecule has 0 saturated heterocycles. The maximum absolute atomic E-state index is 12.7. The largest absolute Gasteiger partial charge is 0.462 e. The summed E-state index contributed by atoms with van der Waals surface area (Å²) in [6.07, 6.45) is 80.4. The molecule has 0 aliphatic rings. The van der Waals surface area contributed by atoms with Gasteiger partial charge in [0.15, 0.2) is 6.10 Å². The smallest absolute Gasteiger partial charge is 0.306 e. The number of ether oxygens (including phenoxy) is 3. The highest BCUT2D eigenvalue weighted by Crippen LogP contribution is 2.16. The summed E-state index contributed by atoms with van der Waals surface area (Å²) in [5.41, 5.74) is 0. The molecule has 6 nitrogen and oxygen atoms in total. The van der Waals surface area contributed by atoms with E-state index in [0.717, 1.165) is 128 Å². The third-order valence-electron chi connectivity index (χ3n) is 12.8. The van der Waals surface area contributed by atoms with E-state index in [-0.39, 0.29) is 31.1 Å². The van der Waals surface area contributed by atoms with Crippen molar-refractivity contribution in [3.63, 3.8) is 0 Å². The molecule has 0 aromatic heterocycles. The van der Waals surface area contributed by atoms with Crippen LogP contribution in [0.4, 0.5) is 0 Å². The molecule has 0 fully saturated rings. The van der Waals surface area contributed by atoms with Crippen molar-refractivity contribution in [3.8, 4) is 0 Å². The lowest BCUT2D eigenvalue weighted by Gasteiger charge is -2.18. The lowest BCUT2D eigenvalue weighted by molar-refractivity contribution is -0.167. The maximum Gasteiger partial charge on any atom is 0.306 e. The van der Waals surface area contributed by atoms with Crippen molar-refractivity contribution in [1.29, 1.82) is 0 Å². The van der Waals surface area contributed by atoms with Crippen molar-refractivity contribution >= 4 is 17.9 Å². The first kappa shape index (κ1) is 68.3. The highest BCUT2D eigenvalue weighted by atomic mass is 16.6. The highest BCUT2D eigenvalue weighted by molar-refractivity contribution is 5.71. The molecule has 0 bridgehead atoms. The zero-order chi connectivity index (χ0) is 52.2. The third kappa shape index (κ3) is 57.2. The lowest BCUT2D eigenvalue weighted by Crippen LogP contribution is -2.30. The van der Waals surface area contributed by atoms with Gasteiger partial charge in [0.1, 0.15) is 13.2 Å². The normalized spacial score (nSPS) is 12.8. The molecule has 0 rings (SSSR count). The predicted octanol–water partition coefficient (Wildman–Crippen LogP) is 20.5. The van der Waals surface area contributed by atoms with E-state index >= 15 is 0 Å². The van der Waals surface area contributed by atoms with Crippen LogP contribution in [-0.2, 0) is 28.6 Å². The zero-order valence-corrected chi connectivity index (χ0v) is 47.2. The van der Waals surface area contributed by atoms with Gasteiger partial charge in [-0.2, -0.15) is 0 Å². The Bertz CT molecular complexity index is 1430. The minimum atomic E-state index is -0.778. The van der Waals surface area contributed by atoms with Crippen molar-refractivity contribution < 1.29 is 28.6 Å². The van der Waals surface area contributed by atoms with Gasteiger partial charge < -0.3 is 14.2 Å². The maximum atomic E-state index is 12.7. The Hall–Kier alpha value is -3.67. The summed E-state index contributed by atoms with van der Waals surface area (Å²) >= 11 is 0. The van der Waals surface area contributed by atoms with E-state index in [4.69, 9.17) is 14.2 Å². The quantitative estimate of drug-likeness (QED) is 0.0261. The molecular formula is C66H112O6. The van der Waals surface area contributed by atoms with Crippen LogP contribution in [0.2, 0.25) is 0 Å². The molecule has 0 aromatic rings. The lowest BCUT2D eigenvalue weighted by atomic mass is 10.0. The SMILES string of the molecule is CC/C=C\C/C=C\C/C=C\C/C=C\C/C=C\C/C=C\CCCCCCCCCCCCCCCCCCC(=O)OCC(COC(=O)CCCCCCC)OC(=O)CCCCCCC/C=C\C/C=C\CCCC. The first-order valence-electron chi connectivity index (χ1n) is 30.2. The van der Waals surface area contributed by atoms with Crippen LogP contribution in [0.1, 0.15) is 284 Å². The number of carbonyl (C=O) groups excluding carboxylic acids is 3. The van der Waals surface area contributed by atoms with Gasteiger partial charge in [0, 0.05) is 19.3 Å². The van der Waals surface area contributed by atoms with Crippen LogP contribution in [0.15, 0.2) is 97.2 Å². The topological polar surface area (TPSA) is 78.9 Å². The number of hydrogen-bond acceptors (Lipinski definition) is 6. The molecule has 1 unspecified atom stereocenters. The summed E-state index contributed by atoms with van der Waals surface area (Å²) in [5.74, 6) is -0.904. The molecule has 6 heteroatoms. The Morgan fingerprint density at radius 3 is 0.889 bits per heavy atom. The minimum absolute atomic E-state index is 0.0806. The highest BCUT2D eigenvalue weighted by Gasteiger charge is 2.19. The van der Waals surface area contributed by atoms with E-state index in [9.17, 15) is 14.4 Å². The Kier molecular flexibility index (Phi) is 56.8. The van der Waals surface area contributed by atoms with Gasteiger partial charge >= 0.3 is 17.9 Å². The summed E-state index contributed by atoms with van der Waals surface area (Å²) < 4.78 is 16.7. The Balaban J connectivity index is 3.94. The summed E-state index contributed by atoms with van der Waals surface area (Å²) in [7, 11) is 0. The van der Waals surface area contributed by atoms with Gasteiger partial charge in [-0.3, -0.25) is 14.4 Å². The standard InChI is InChI=1S/C66H112O6/c1-4-7-10-13-15-17-19-21-23-24-25-26-27-28-29-30-31-32-33-34-35-36-37-38-39-40-41-42-43-45-46-48-50-53-56-59-65(68)71-62-63(61-70-64(67)58-55-52-12-9-6-3)72-66(69)60-57-54-51-49-47-44-22-20-18-16-14-11-8-5-2/h7,10,14-17,20-23,25-26,28-29,31-32,63H,4-6,8-9,11-13,18-19,24,27,30,33-62H2,1-3H3/b10-7-,16-14-,17-15-,22-20-,23-21-,26-25-,29-28-,32-31-. The van der Waals surface area contributed by atoms with E-state index in [1.165, 1.54) is 116 Å². The van der Waals surface area contributed by atoms with Gasteiger partial charge in [0.25, 0.3) is 0 Å². The van der Waals surface area contributed by atoms with Crippen LogP contribution < -0.4 is 0 Å². The van der Waals surface area contributed by atoms with Crippen LogP contribution in [0.5, 0.6) is 0 Å². The molecule has 0 aliphatic heterocycles. The third-order valence-corrected chi connectivity index (χ3v) is 12.8. The molecule has 0 amide bonds. The first-order chi connectivity index (χ1) is 35.5. The van der Waals surface area contributed by atoms with E-state index in [1.807, 2.05) is 0 Å². The first-order valence-corrected chi connectivity index (χ1v) is 30.2. The minimum Gasteiger partial charge on any atom is -0.462 e. The molecular weight excluding hydrogens is 889 g/mol. The molecule has 0 radical (unpaired) electrons. The fourth-order valence-corrected chi connectivity index (χ4v) is 8.29. The average molecular weight is 1000 g/mol. The van der Waals surface area contributed by atoms with Crippen molar-refractivity contribution in [2.45, 2.75) is 290 Å². The van der Waals surface area contributed by atoms with E-state index in [2.05, 4.69) is 118 Å².